The smallest absolute Gasteiger partial charge is 0.223 e. The van der Waals surface area contributed by atoms with Crippen molar-refractivity contribution in [2.75, 3.05) is 6.61 Å². The highest BCUT2D eigenvalue weighted by Crippen LogP contribution is 2.13. The van der Waals surface area contributed by atoms with Crippen LogP contribution < -0.4 is 5.32 Å². The lowest BCUT2D eigenvalue weighted by molar-refractivity contribution is -0.124. The van der Waals surface area contributed by atoms with Gasteiger partial charge in [0, 0.05) is 0 Å². The van der Waals surface area contributed by atoms with E-state index in [4.69, 9.17) is 0 Å². The van der Waals surface area contributed by atoms with E-state index in [1.54, 1.807) is 6.08 Å². The first-order valence-corrected chi connectivity index (χ1v) is 15.1. The first kappa shape index (κ1) is 34.8. The molecule has 0 aromatic carbocycles. The second-order valence-corrected chi connectivity index (χ2v) is 10.4. The molecule has 0 saturated carbocycles. The van der Waals surface area contributed by atoms with Crippen LogP contribution in [0.1, 0.15) is 142 Å². The summed E-state index contributed by atoms with van der Waals surface area (Å²) in [5.74, 6) is -0.355. The van der Waals surface area contributed by atoms with Gasteiger partial charge < -0.3 is 20.6 Å². The zero-order valence-corrected chi connectivity index (χ0v) is 23.6. The first-order valence-electron chi connectivity index (χ1n) is 15.1. The van der Waals surface area contributed by atoms with Crippen LogP contribution in [0, 0.1) is 0 Å². The maximum Gasteiger partial charge on any atom is 0.223 e. The largest absolute Gasteiger partial charge is 0.394 e. The molecule has 36 heavy (non-hydrogen) atoms. The van der Waals surface area contributed by atoms with Gasteiger partial charge in [0.1, 0.15) is 0 Å². The van der Waals surface area contributed by atoms with Crippen LogP contribution in [0.5, 0.6) is 0 Å². The highest BCUT2D eigenvalue weighted by atomic mass is 16.3. The zero-order chi connectivity index (χ0) is 26.7. The minimum atomic E-state index is -0.934. The van der Waals surface area contributed by atoms with Crippen LogP contribution in [-0.4, -0.2) is 46.1 Å². The number of unbranched alkanes of at least 4 members (excludes halogenated alkanes) is 16. The summed E-state index contributed by atoms with van der Waals surface area (Å²) in [6, 6.07) is -0.753. The van der Waals surface area contributed by atoms with Crippen molar-refractivity contribution in [3.63, 3.8) is 0 Å². The molecular weight excluding hydrogens is 450 g/mol. The molecule has 3 unspecified atom stereocenters. The summed E-state index contributed by atoms with van der Waals surface area (Å²) >= 11 is 0. The van der Waals surface area contributed by atoms with Crippen LogP contribution in [0.25, 0.3) is 0 Å². The SMILES string of the molecule is CCCCCC/C=C\CC(O)CC(=O)NC(CO)C(O)/C=C/CCCCCCCCCCCCCC. The summed E-state index contributed by atoms with van der Waals surface area (Å²) in [6.45, 7) is 4.10. The number of aliphatic hydroxyl groups excluding tert-OH is 3. The van der Waals surface area contributed by atoms with Crippen LogP contribution >= 0.6 is 0 Å². The van der Waals surface area contributed by atoms with E-state index in [0.29, 0.717) is 6.42 Å². The fraction of sp³-hybridized carbons (Fsp3) is 0.839. The van der Waals surface area contributed by atoms with E-state index < -0.39 is 18.2 Å². The van der Waals surface area contributed by atoms with E-state index in [-0.39, 0.29) is 18.9 Å². The van der Waals surface area contributed by atoms with Gasteiger partial charge in [0.2, 0.25) is 5.91 Å². The van der Waals surface area contributed by atoms with E-state index >= 15 is 0 Å². The maximum atomic E-state index is 12.2. The second kappa shape index (κ2) is 26.9. The summed E-state index contributed by atoms with van der Waals surface area (Å²) in [7, 11) is 0. The van der Waals surface area contributed by atoms with Crippen LogP contribution in [0.15, 0.2) is 24.3 Å². The highest BCUT2D eigenvalue weighted by molar-refractivity contribution is 5.76. The molecule has 0 heterocycles. The minimum Gasteiger partial charge on any atom is -0.394 e. The Kier molecular flexibility index (Phi) is 26.0. The molecular formula is C31H59NO4. The number of carbonyl (C=O) groups excluding carboxylic acids is 1. The monoisotopic (exact) mass is 509 g/mol. The molecule has 0 aliphatic carbocycles. The van der Waals surface area contributed by atoms with Gasteiger partial charge in [0.05, 0.1) is 31.3 Å². The minimum absolute atomic E-state index is 0.0357. The second-order valence-electron chi connectivity index (χ2n) is 10.4. The molecule has 212 valence electrons. The molecule has 5 nitrogen and oxygen atoms in total. The number of allylic oxidation sites excluding steroid dienone is 2. The Morgan fingerprint density at radius 2 is 1.17 bits per heavy atom. The predicted octanol–water partition coefficient (Wildman–Crippen LogP) is 7.14. The number of hydrogen-bond donors (Lipinski definition) is 4. The molecule has 0 aromatic rings. The fourth-order valence-electron chi connectivity index (χ4n) is 4.34. The predicted molar refractivity (Wildman–Crippen MR) is 153 cm³/mol. The number of amides is 1. The van der Waals surface area contributed by atoms with Crippen molar-refractivity contribution >= 4 is 5.91 Å². The van der Waals surface area contributed by atoms with E-state index in [1.807, 2.05) is 12.2 Å². The normalized spacial score (nSPS) is 14.5. The van der Waals surface area contributed by atoms with Gasteiger partial charge in [0.25, 0.3) is 0 Å². The summed E-state index contributed by atoms with van der Waals surface area (Å²) in [5.41, 5.74) is 0. The van der Waals surface area contributed by atoms with Crippen molar-refractivity contribution < 1.29 is 20.1 Å². The highest BCUT2D eigenvalue weighted by Gasteiger charge is 2.19. The van der Waals surface area contributed by atoms with Gasteiger partial charge in [-0.25, -0.2) is 0 Å². The van der Waals surface area contributed by atoms with E-state index in [2.05, 4.69) is 25.2 Å². The van der Waals surface area contributed by atoms with Crippen molar-refractivity contribution in [2.24, 2.45) is 0 Å². The van der Waals surface area contributed by atoms with Gasteiger partial charge in [-0.15, -0.1) is 0 Å². The number of hydrogen-bond acceptors (Lipinski definition) is 4. The van der Waals surface area contributed by atoms with Gasteiger partial charge in [-0.2, -0.15) is 0 Å². The summed E-state index contributed by atoms with van der Waals surface area (Å²) < 4.78 is 0. The molecule has 0 bridgehead atoms. The topological polar surface area (TPSA) is 89.8 Å². The molecule has 5 heteroatoms. The van der Waals surface area contributed by atoms with Gasteiger partial charge in [-0.05, 0) is 32.1 Å². The lowest BCUT2D eigenvalue weighted by atomic mass is 10.0. The number of rotatable bonds is 26. The van der Waals surface area contributed by atoms with Crippen molar-refractivity contribution in [1.29, 1.82) is 0 Å². The molecule has 0 radical (unpaired) electrons. The molecule has 0 saturated heterocycles. The summed E-state index contributed by atoms with van der Waals surface area (Å²) in [4.78, 5) is 12.2. The molecule has 0 rings (SSSR count). The molecule has 0 fully saturated rings. The van der Waals surface area contributed by atoms with Crippen molar-refractivity contribution in [2.45, 2.75) is 161 Å². The van der Waals surface area contributed by atoms with Gasteiger partial charge in [-0.1, -0.05) is 128 Å². The summed E-state index contributed by atoms with van der Waals surface area (Å²) in [5, 5.41) is 32.6. The Hall–Kier alpha value is -1.17. The zero-order valence-electron chi connectivity index (χ0n) is 23.6. The lowest BCUT2D eigenvalue weighted by Gasteiger charge is -2.20. The molecule has 1 amide bonds. The Labute approximate surface area is 222 Å². The van der Waals surface area contributed by atoms with Gasteiger partial charge >= 0.3 is 0 Å². The molecule has 0 aliphatic rings. The van der Waals surface area contributed by atoms with Gasteiger partial charge in [0.15, 0.2) is 0 Å². The first-order chi connectivity index (χ1) is 17.5. The Balaban J connectivity index is 3.85. The van der Waals surface area contributed by atoms with E-state index in [0.717, 1.165) is 25.7 Å². The van der Waals surface area contributed by atoms with Crippen molar-refractivity contribution in [3.8, 4) is 0 Å². The Bertz CT molecular complexity index is 535. The Morgan fingerprint density at radius 1 is 0.694 bits per heavy atom. The number of nitrogens with one attached hydrogen (secondary N) is 1. The lowest BCUT2D eigenvalue weighted by Crippen LogP contribution is -2.45. The molecule has 3 atom stereocenters. The maximum absolute atomic E-state index is 12.2. The van der Waals surface area contributed by atoms with E-state index in [9.17, 15) is 20.1 Å². The van der Waals surface area contributed by atoms with Gasteiger partial charge in [-0.3, -0.25) is 4.79 Å². The number of aliphatic hydroxyl groups is 3. The summed E-state index contributed by atoms with van der Waals surface area (Å²) in [6.07, 6.45) is 28.9. The average molecular weight is 510 g/mol. The third-order valence-corrected chi connectivity index (χ3v) is 6.73. The Morgan fingerprint density at radius 3 is 1.69 bits per heavy atom. The standard InChI is InChI=1S/C31H59NO4/c1-3-5-7-9-11-12-13-14-15-16-17-19-21-23-25-30(35)29(27-33)32-31(36)26-28(34)24-22-20-18-10-8-6-4-2/h20,22-23,25,28-30,33-35H,3-19,21,24,26-27H2,1-2H3,(H,32,36)/b22-20-,25-23+. The van der Waals surface area contributed by atoms with Crippen LogP contribution in [0.4, 0.5) is 0 Å². The quantitative estimate of drug-likeness (QED) is 0.0737. The van der Waals surface area contributed by atoms with Crippen LogP contribution in [0.2, 0.25) is 0 Å². The molecule has 0 aliphatic heterocycles. The van der Waals surface area contributed by atoms with Crippen LogP contribution in [-0.2, 0) is 4.79 Å². The fourth-order valence-corrected chi connectivity index (χ4v) is 4.34. The molecule has 0 aromatic heterocycles. The molecule has 4 N–H and O–H groups in total. The number of carbonyl (C=O) groups is 1. The van der Waals surface area contributed by atoms with Crippen molar-refractivity contribution in [3.05, 3.63) is 24.3 Å². The van der Waals surface area contributed by atoms with Crippen molar-refractivity contribution in [1.82, 2.24) is 5.32 Å². The molecule has 0 spiro atoms. The van der Waals surface area contributed by atoms with Crippen LogP contribution in [0.3, 0.4) is 0 Å². The average Bonchev–Trinajstić information content (AvgIpc) is 2.86. The van der Waals surface area contributed by atoms with E-state index in [1.165, 1.54) is 89.9 Å². The third kappa shape index (κ3) is 23.2. The third-order valence-electron chi connectivity index (χ3n) is 6.73.